The zero-order valence-electron chi connectivity index (χ0n) is 18.0. The standard InChI is InChI=1S/C25H32F2N2O/c1-3-4-5-6-15-28(2)18-25(30)29-16-7-8-22(19-9-11-20(26)12-10-19)23-14-13-21(27)17-24(23)29/h9-14,17,22H,3-8,15-16,18H2,1-2H3. The first kappa shape index (κ1) is 22.4. The Morgan fingerprint density at radius 2 is 1.80 bits per heavy atom. The van der Waals surface area contributed by atoms with Crippen LogP contribution in [-0.4, -0.2) is 37.5 Å². The predicted molar refractivity (Wildman–Crippen MR) is 118 cm³/mol. The smallest absolute Gasteiger partial charge is 0.241 e. The van der Waals surface area contributed by atoms with Crippen LogP contribution in [0.25, 0.3) is 0 Å². The van der Waals surface area contributed by atoms with Crippen molar-refractivity contribution in [2.45, 2.75) is 51.4 Å². The maximum absolute atomic E-state index is 14.2. The Morgan fingerprint density at radius 1 is 1.07 bits per heavy atom. The average Bonchev–Trinajstić information content (AvgIpc) is 2.91. The van der Waals surface area contributed by atoms with E-state index in [1.807, 2.05) is 7.05 Å². The number of nitrogens with zero attached hydrogens (tertiary/aromatic N) is 2. The first-order valence-corrected chi connectivity index (χ1v) is 11.0. The molecule has 0 radical (unpaired) electrons. The van der Waals surface area contributed by atoms with E-state index in [2.05, 4.69) is 11.8 Å². The molecule has 1 aliphatic rings. The van der Waals surface area contributed by atoms with Crippen LogP contribution in [0.5, 0.6) is 0 Å². The number of hydrogen-bond acceptors (Lipinski definition) is 2. The van der Waals surface area contributed by atoms with Crippen LogP contribution >= 0.6 is 0 Å². The van der Waals surface area contributed by atoms with Gasteiger partial charge < -0.3 is 4.90 Å². The number of benzene rings is 2. The predicted octanol–water partition coefficient (Wildman–Crippen LogP) is 5.74. The van der Waals surface area contributed by atoms with Crippen molar-refractivity contribution < 1.29 is 13.6 Å². The van der Waals surface area contributed by atoms with Gasteiger partial charge in [0.15, 0.2) is 0 Å². The summed E-state index contributed by atoms with van der Waals surface area (Å²) in [5.74, 6) is -0.602. The number of hydrogen-bond donors (Lipinski definition) is 0. The Kier molecular flexibility index (Phi) is 7.97. The van der Waals surface area contributed by atoms with Gasteiger partial charge in [0.1, 0.15) is 11.6 Å². The Bertz CT molecular complexity index is 838. The average molecular weight is 415 g/mol. The van der Waals surface area contributed by atoms with Gasteiger partial charge in [0.05, 0.1) is 12.2 Å². The van der Waals surface area contributed by atoms with E-state index in [0.717, 1.165) is 36.9 Å². The summed E-state index contributed by atoms with van der Waals surface area (Å²) in [5.41, 5.74) is 2.57. The molecule has 1 heterocycles. The normalized spacial score (nSPS) is 16.4. The summed E-state index contributed by atoms with van der Waals surface area (Å²) in [6.45, 7) is 3.95. The molecule has 162 valence electrons. The highest BCUT2D eigenvalue weighted by Crippen LogP contribution is 2.39. The molecule has 0 bridgehead atoms. The van der Waals surface area contributed by atoms with Crippen molar-refractivity contribution in [1.29, 1.82) is 0 Å². The minimum atomic E-state index is -0.348. The summed E-state index contributed by atoms with van der Waals surface area (Å²) in [6, 6.07) is 11.2. The fourth-order valence-corrected chi connectivity index (χ4v) is 4.28. The molecule has 2 aromatic carbocycles. The molecular formula is C25H32F2N2O. The van der Waals surface area contributed by atoms with Crippen LogP contribution in [0.15, 0.2) is 42.5 Å². The monoisotopic (exact) mass is 414 g/mol. The molecule has 1 amide bonds. The van der Waals surface area contributed by atoms with Crippen LogP contribution < -0.4 is 4.90 Å². The molecular weight excluding hydrogens is 382 g/mol. The zero-order valence-corrected chi connectivity index (χ0v) is 18.0. The van der Waals surface area contributed by atoms with Gasteiger partial charge in [0.25, 0.3) is 0 Å². The molecule has 0 aromatic heterocycles. The molecule has 3 rings (SSSR count). The van der Waals surface area contributed by atoms with Crippen LogP contribution in [0.2, 0.25) is 0 Å². The highest BCUT2D eigenvalue weighted by molar-refractivity contribution is 5.96. The molecule has 1 unspecified atom stereocenters. The minimum absolute atomic E-state index is 0.000373. The summed E-state index contributed by atoms with van der Waals surface area (Å²) in [7, 11) is 1.97. The first-order valence-electron chi connectivity index (χ1n) is 11.0. The van der Waals surface area contributed by atoms with Crippen molar-refractivity contribution in [2.24, 2.45) is 0 Å². The van der Waals surface area contributed by atoms with E-state index in [1.54, 1.807) is 23.1 Å². The van der Waals surface area contributed by atoms with Crippen molar-refractivity contribution >= 4 is 11.6 Å². The van der Waals surface area contributed by atoms with Crippen LogP contribution in [0, 0.1) is 11.6 Å². The van der Waals surface area contributed by atoms with Gasteiger partial charge >= 0.3 is 0 Å². The van der Waals surface area contributed by atoms with Gasteiger partial charge in [-0.1, -0.05) is 44.4 Å². The van der Waals surface area contributed by atoms with Gasteiger partial charge in [-0.3, -0.25) is 9.69 Å². The lowest BCUT2D eigenvalue weighted by Gasteiger charge is -2.26. The van der Waals surface area contributed by atoms with Gasteiger partial charge in [-0.05, 0) is 68.2 Å². The number of carbonyl (C=O) groups is 1. The maximum Gasteiger partial charge on any atom is 0.241 e. The quantitative estimate of drug-likeness (QED) is 0.515. The summed E-state index contributed by atoms with van der Waals surface area (Å²) in [5, 5.41) is 0. The first-order chi connectivity index (χ1) is 14.5. The molecule has 2 aromatic rings. The fraction of sp³-hybridized carbons (Fsp3) is 0.480. The number of amides is 1. The Labute approximate surface area is 178 Å². The van der Waals surface area contributed by atoms with E-state index in [9.17, 15) is 13.6 Å². The van der Waals surface area contributed by atoms with E-state index in [0.29, 0.717) is 18.8 Å². The molecule has 5 heteroatoms. The van der Waals surface area contributed by atoms with Crippen molar-refractivity contribution in [3.8, 4) is 0 Å². The maximum atomic E-state index is 14.2. The second-order valence-electron chi connectivity index (χ2n) is 8.29. The van der Waals surface area contributed by atoms with Gasteiger partial charge in [0.2, 0.25) is 5.91 Å². The van der Waals surface area contributed by atoms with Gasteiger partial charge in [-0.2, -0.15) is 0 Å². The third kappa shape index (κ3) is 5.66. The number of fused-ring (bicyclic) bond motifs is 1. The lowest BCUT2D eigenvalue weighted by molar-refractivity contribution is -0.119. The van der Waals surface area contributed by atoms with Gasteiger partial charge in [-0.25, -0.2) is 8.78 Å². The highest BCUT2D eigenvalue weighted by Gasteiger charge is 2.28. The van der Waals surface area contributed by atoms with E-state index in [-0.39, 0.29) is 23.5 Å². The molecule has 0 saturated carbocycles. The Morgan fingerprint density at radius 3 is 2.53 bits per heavy atom. The second kappa shape index (κ2) is 10.7. The van der Waals surface area contributed by atoms with E-state index in [1.165, 1.54) is 43.5 Å². The number of unbranched alkanes of at least 4 members (excludes halogenated alkanes) is 3. The Hall–Kier alpha value is -2.27. The molecule has 3 nitrogen and oxygen atoms in total. The third-order valence-corrected chi connectivity index (χ3v) is 5.91. The fourth-order valence-electron chi connectivity index (χ4n) is 4.28. The van der Waals surface area contributed by atoms with Crippen LogP contribution in [0.4, 0.5) is 14.5 Å². The number of rotatable bonds is 8. The Balaban J connectivity index is 1.80. The molecule has 0 aliphatic carbocycles. The number of carbonyl (C=O) groups excluding carboxylic acids is 1. The number of anilines is 1. The van der Waals surface area contributed by atoms with E-state index < -0.39 is 0 Å². The molecule has 0 N–H and O–H groups in total. The van der Waals surface area contributed by atoms with Crippen molar-refractivity contribution in [1.82, 2.24) is 4.90 Å². The number of likely N-dealkylation sites (N-methyl/N-ethyl adjacent to an activating group) is 1. The van der Waals surface area contributed by atoms with Crippen molar-refractivity contribution in [3.63, 3.8) is 0 Å². The van der Waals surface area contributed by atoms with Crippen LogP contribution in [-0.2, 0) is 4.79 Å². The lowest BCUT2D eigenvalue weighted by atomic mass is 9.87. The molecule has 30 heavy (non-hydrogen) atoms. The third-order valence-electron chi connectivity index (χ3n) is 5.91. The largest absolute Gasteiger partial charge is 0.311 e. The topological polar surface area (TPSA) is 23.6 Å². The summed E-state index contributed by atoms with van der Waals surface area (Å²) < 4.78 is 27.5. The SMILES string of the molecule is CCCCCCN(C)CC(=O)N1CCCC(c2ccc(F)cc2)c2ccc(F)cc21. The lowest BCUT2D eigenvalue weighted by Crippen LogP contribution is -2.40. The van der Waals surface area contributed by atoms with E-state index in [4.69, 9.17) is 0 Å². The summed E-state index contributed by atoms with van der Waals surface area (Å²) >= 11 is 0. The van der Waals surface area contributed by atoms with Crippen LogP contribution in [0.3, 0.4) is 0 Å². The zero-order chi connectivity index (χ0) is 21.5. The van der Waals surface area contributed by atoms with Crippen LogP contribution in [0.1, 0.15) is 62.5 Å². The van der Waals surface area contributed by atoms with Crippen molar-refractivity contribution in [2.75, 3.05) is 31.6 Å². The van der Waals surface area contributed by atoms with Gasteiger partial charge in [-0.15, -0.1) is 0 Å². The molecule has 1 aliphatic heterocycles. The second-order valence-corrected chi connectivity index (χ2v) is 8.29. The van der Waals surface area contributed by atoms with Gasteiger partial charge in [0, 0.05) is 12.5 Å². The molecule has 0 saturated heterocycles. The summed E-state index contributed by atoms with van der Waals surface area (Å²) in [4.78, 5) is 16.9. The number of halogens is 2. The summed E-state index contributed by atoms with van der Waals surface area (Å²) in [6.07, 6.45) is 6.30. The van der Waals surface area contributed by atoms with E-state index >= 15 is 0 Å². The molecule has 0 fully saturated rings. The highest BCUT2D eigenvalue weighted by atomic mass is 19.1. The minimum Gasteiger partial charge on any atom is -0.311 e. The van der Waals surface area contributed by atoms with Crippen molar-refractivity contribution in [3.05, 3.63) is 65.2 Å². The molecule has 0 spiro atoms. The molecule has 1 atom stereocenters.